The molecule has 3 saturated carbocycles. The number of carbonyl (C=O) groups excluding carboxylic acids is 12. The van der Waals surface area contributed by atoms with Crippen LogP contribution in [-0.4, -0.2) is 289 Å². The van der Waals surface area contributed by atoms with Gasteiger partial charge in [0, 0.05) is 82.0 Å². The van der Waals surface area contributed by atoms with Crippen molar-refractivity contribution in [2.24, 2.45) is 41.4 Å². The molecule has 108 heavy (non-hydrogen) atoms. The molecule has 0 aromatic heterocycles. The van der Waals surface area contributed by atoms with Crippen LogP contribution in [0.5, 0.6) is 0 Å². The lowest BCUT2D eigenvalue weighted by Crippen LogP contribution is -2.61. The monoisotopic (exact) mass is 1550 g/mol. The van der Waals surface area contributed by atoms with Crippen molar-refractivity contribution in [3.8, 4) is 0 Å². The Hall–Kier alpha value is -7.22. The van der Waals surface area contributed by atoms with Gasteiger partial charge in [-0.15, -0.1) is 0 Å². The molecule has 0 spiro atoms. The number of alkyl halides is 8. The molecule has 0 radical (unpaired) electrons. The summed E-state index contributed by atoms with van der Waals surface area (Å²) in [5.41, 5.74) is 0. The zero-order chi connectivity index (χ0) is 80.7. The lowest BCUT2D eigenvalue weighted by atomic mass is 9.76. The Morgan fingerprint density at radius 3 is 1.82 bits per heavy atom. The van der Waals surface area contributed by atoms with Gasteiger partial charge in [0.05, 0.1) is 31.5 Å². The van der Waals surface area contributed by atoms with Crippen LogP contribution in [0, 0.1) is 41.4 Å². The lowest BCUT2D eigenvalue weighted by Gasteiger charge is -2.40. The number of ether oxygens (including phenoxy) is 1. The van der Waals surface area contributed by atoms with E-state index < -0.39 is 230 Å². The van der Waals surface area contributed by atoms with E-state index in [1.54, 1.807) is 32.9 Å². The Balaban J connectivity index is 1.47. The molecule has 2 unspecified atom stereocenters. The van der Waals surface area contributed by atoms with Gasteiger partial charge in [-0.3, -0.25) is 57.5 Å². The highest BCUT2D eigenvalue weighted by atomic mass is 19.4. The SMILES string of the molecule is CCCN(C)C(=O)[C@@H]1CC(=O)N(C)[C@@H](CC(C)C)C(=O)N[C@@H]([C@@H](C)CC)C(=O)N(C)CC(=O)N(C)[C@H]2C/C=C\CCN(C2=O)[C@@H](CC2CCC(C(F)(F)F)CC2)C(=O)N(C)CC(=O)N[C@@H](CCC2CC(F)C(C(F)(F)F)C(F)C2)C(=O)N2C[C@H](OCC)C[C@H]2C(=O)N[C@@H](C)C(=O)N(C)[C@@H](C2CCCC2)C(=O)N1C. The smallest absolute Gasteiger partial charge is 0.377 e. The van der Waals surface area contributed by atoms with Gasteiger partial charge in [0.15, 0.2) is 0 Å². The molecule has 3 aliphatic carbocycles. The maximum atomic E-state index is 15.5. The summed E-state index contributed by atoms with van der Waals surface area (Å²) in [6, 6.07) is -12.9. The lowest BCUT2D eigenvalue weighted by molar-refractivity contribution is -0.219. The van der Waals surface area contributed by atoms with Gasteiger partial charge in [0.25, 0.3) is 0 Å². The van der Waals surface area contributed by atoms with Crippen LogP contribution < -0.4 is 16.0 Å². The number of nitrogens with zero attached hydrogens (tertiary/aromatic N) is 9. The second-order valence-electron chi connectivity index (χ2n) is 31.5. The maximum absolute atomic E-state index is 15.5. The summed E-state index contributed by atoms with van der Waals surface area (Å²) in [4.78, 5) is 191. The van der Waals surface area contributed by atoms with Gasteiger partial charge in [0.1, 0.15) is 72.6 Å². The van der Waals surface area contributed by atoms with Gasteiger partial charge >= 0.3 is 12.4 Å². The van der Waals surface area contributed by atoms with Crippen LogP contribution in [0.15, 0.2) is 12.2 Å². The highest BCUT2D eigenvalue weighted by Gasteiger charge is 2.55. The molecule has 2 bridgehead atoms. The summed E-state index contributed by atoms with van der Waals surface area (Å²) >= 11 is 0. The van der Waals surface area contributed by atoms with E-state index in [0.29, 0.717) is 38.5 Å². The molecule has 5 fully saturated rings. The molecule has 6 aliphatic rings. The third kappa shape index (κ3) is 23.0. The number of hydrogen-bond donors (Lipinski definition) is 3. The van der Waals surface area contributed by atoms with Gasteiger partial charge in [-0.1, -0.05) is 66.0 Å². The molecule has 25 nitrogen and oxygen atoms in total. The van der Waals surface area contributed by atoms with Crippen LogP contribution in [0.1, 0.15) is 177 Å². The number of fused-ring (bicyclic) bond motifs is 3. The first-order chi connectivity index (χ1) is 50.6. The van der Waals surface area contributed by atoms with Crippen molar-refractivity contribution in [3.63, 3.8) is 0 Å². The maximum Gasteiger partial charge on any atom is 0.397 e. The molecule has 0 aromatic carbocycles. The Morgan fingerprint density at radius 2 is 1.25 bits per heavy atom. The number of hydrogen-bond acceptors (Lipinski definition) is 13. The standard InChI is InChI=1S/C75H118F8N12O13/c1-15-32-87(8)69(103)57-39-60(97)91(12)55(34-43(4)5)65(99)86-63(44(6)16-2)72(106)89(10)42-61(98)90(11)54-25-19-18-22-33-94(71(54)105)58(37-46-26-29-49(30-27-46)74(78,79)80)70(104)88(9)41-59(96)85-53(31-28-47-35-51(76)62(52(77)36-47)75(81,82)83)68(102)95-40-50(108-17-3)38-56(95)66(100)84-45(7)67(101)93(14)64(73(107)92(57)13)48-23-20-21-24-48/h18-19,43-58,62-64H,15-17,20-42H2,1-14H3,(H,84,100)(H,85,96)(H,86,99)/b19-18-/t44-,45-,46?,47?,49?,50+,51?,52?,53-,54-,55-,56-,57-,58-,62?,63-,64-/m0/s1. The van der Waals surface area contributed by atoms with Crippen LogP contribution in [0.3, 0.4) is 0 Å². The fourth-order valence-electron chi connectivity index (χ4n) is 16.5. The van der Waals surface area contributed by atoms with E-state index in [0.717, 1.165) is 29.4 Å². The fraction of sp³-hybridized carbons (Fsp3) is 0.813. The van der Waals surface area contributed by atoms with Crippen LogP contribution >= 0.6 is 0 Å². The third-order valence-corrected chi connectivity index (χ3v) is 23.2. The minimum atomic E-state index is -5.22. The van der Waals surface area contributed by atoms with Gasteiger partial charge < -0.3 is 64.8 Å². The molecule has 3 aliphatic heterocycles. The largest absolute Gasteiger partial charge is 0.397 e. The van der Waals surface area contributed by atoms with E-state index in [4.69, 9.17) is 4.74 Å². The van der Waals surface area contributed by atoms with Crippen molar-refractivity contribution in [3.05, 3.63) is 12.2 Å². The quantitative estimate of drug-likeness (QED) is 0.115. The second kappa shape index (κ2) is 39.6. The number of amides is 12. The zero-order valence-corrected chi connectivity index (χ0v) is 65.4. The number of carbonyl (C=O) groups is 12. The Morgan fingerprint density at radius 1 is 0.630 bits per heavy atom. The van der Waals surface area contributed by atoms with E-state index in [-0.39, 0.29) is 96.4 Å². The molecule has 2 saturated heterocycles. The average molecular weight is 1550 g/mol. The van der Waals surface area contributed by atoms with Gasteiger partial charge in [0.2, 0.25) is 70.9 Å². The molecular weight excluding hydrogens is 1430 g/mol. The summed E-state index contributed by atoms with van der Waals surface area (Å²) < 4.78 is 121. The van der Waals surface area contributed by atoms with E-state index >= 15 is 28.0 Å². The van der Waals surface area contributed by atoms with Crippen LogP contribution in [0.25, 0.3) is 0 Å². The predicted molar refractivity (Wildman–Crippen MR) is 383 cm³/mol. The first kappa shape index (κ1) is 89.7. The second-order valence-corrected chi connectivity index (χ2v) is 31.5. The highest BCUT2D eigenvalue weighted by Crippen LogP contribution is 2.45. The minimum absolute atomic E-state index is 0.00698. The van der Waals surface area contributed by atoms with Crippen molar-refractivity contribution in [2.75, 3.05) is 88.7 Å². The normalized spacial score (nSPS) is 31.7. The molecule has 0 aromatic rings. The molecule has 6 rings (SSSR count). The molecule has 3 N–H and O–H groups in total. The molecule has 612 valence electrons. The molecule has 33 heteroatoms. The van der Waals surface area contributed by atoms with Crippen LogP contribution in [0.4, 0.5) is 35.1 Å². The predicted octanol–water partition coefficient (Wildman–Crippen LogP) is 6.60. The van der Waals surface area contributed by atoms with Crippen molar-refractivity contribution in [1.29, 1.82) is 0 Å². The third-order valence-electron chi connectivity index (χ3n) is 23.2. The highest BCUT2D eigenvalue weighted by molar-refractivity contribution is 6.00. The number of likely N-dealkylation sites (N-methyl/N-ethyl adjacent to an activating group) is 7. The van der Waals surface area contributed by atoms with Crippen LogP contribution in [-0.2, 0) is 62.3 Å². The number of nitrogens with one attached hydrogen (secondary N) is 3. The van der Waals surface area contributed by atoms with Crippen molar-refractivity contribution < 1.29 is 97.4 Å². The summed E-state index contributed by atoms with van der Waals surface area (Å²) in [6.07, 6.45) is -13.4. The zero-order valence-electron chi connectivity index (χ0n) is 65.4. The van der Waals surface area contributed by atoms with Crippen molar-refractivity contribution >= 4 is 70.9 Å². The molecule has 13 atom stereocenters. The molecular formula is C75H118F8N12O13. The average Bonchev–Trinajstić information content (AvgIpc) is 1.62. The number of rotatable bonds is 15. The Kier molecular flexibility index (Phi) is 32.9. The van der Waals surface area contributed by atoms with Crippen LogP contribution in [0.2, 0.25) is 0 Å². The van der Waals surface area contributed by atoms with E-state index in [2.05, 4.69) is 16.0 Å². The minimum Gasteiger partial charge on any atom is -0.377 e. The van der Waals surface area contributed by atoms with E-state index in [1.807, 2.05) is 20.8 Å². The Bertz CT molecular complexity index is 3160. The molecule has 12 amide bonds. The first-order valence-electron chi connectivity index (χ1n) is 38.6. The number of halogens is 8. The first-order valence-corrected chi connectivity index (χ1v) is 38.6. The summed E-state index contributed by atoms with van der Waals surface area (Å²) in [7, 11) is 9.45. The van der Waals surface area contributed by atoms with Crippen molar-refractivity contribution in [1.82, 2.24) is 60.0 Å². The molecule has 3 heterocycles. The van der Waals surface area contributed by atoms with Crippen molar-refractivity contribution in [2.45, 2.75) is 262 Å². The summed E-state index contributed by atoms with van der Waals surface area (Å²) in [5.74, 6) is -17.2. The summed E-state index contributed by atoms with van der Waals surface area (Å²) in [5, 5.41) is 8.15. The topological polar surface area (TPSA) is 279 Å². The van der Waals surface area contributed by atoms with E-state index in [1.165, 1.54) is 71.0 Å². The summed E-state index contributed by atoms with van der Waals surface area (Å²) in [6.45, 7) is 10.2. The van der Waals surface area contributed by atoms with Gasteiger partial charge in [-0.25, -0.2) is 8.78 Å². The van der Waals surface area contributed by atoms with Gasteiger partial charge in [-0.2, -0.15) is 26.3 Å². The Labute approximate surface area is 630 Å². The van der Waals surface area contributed by atoms with E-state index in [9.17, 15) is 64.7 Å². The fourth-order valence-corrected chi connectivity index (χ4v) is 16.5. The van der Waals surface area contributed by atoms with Gasteiger partial charge in [-0.05, 0) is 140 Å².